The third kappa shape index (κ3) is 4.58. The van der Waals surface area contributed by atoms with Crippen molar-refractivity contribution in [1.29, 1.82) is 0 Å². The zero-order chi connectivity index (χ0) is 22.0. The van der Waals surface area contributed by atoms with Crippen molar-refractivity contribution in [3.8, 4) is 0 Å². The Kier molecular flexibility index (Phi) is 5.98. The number of nitrogens with zero attached hydrogens (tertiary/aromatic N) is 2. The molecule has 156 valence electrons. The van der Waals surface area contributed by atoms with Crippen molar-refractivity contribution >= 4 is 30.9 Å². The van der Waals surface area contributed by atoms with Gasteiger partial charge >= 0.3 is 0 Å². The summed E-state index contributed by atoms with van der Waals surface area (Å²) in [6.45, 7) is 0.207. The number of fused-ring (bicyclic) bond motifs is 1. The third-order valence-corrected chi connectivity index (χ3v) is 5.46. The highest BCUT2D eigenvalue weighted by atomic mass is 19.1. The number of pyridine rings is 1. The molecule has 8 heteroatoms. The van der Waals surface area contributed by atoms with Crippen molar-refractivity contribution in [3.05, 3.63) is 77.0 Å². The molecule has 2 heterocycles. The number of carbonyl (C=O) groups is 2. The maximum absolute atomic E-state index is 14.7. The minimum atomic E-state index is -0.561. The highest BCUT2D eigenvalue weighted by Crippen LogP contribution is 2.40. The van der Waals surface area contributed by atoms with Gasteiger partial charge in [0, 0.05) is 36.7 Å². The number of hydrogen-bond donors (Lipinski definition) is 1. The quantitative estimate of drug-likeness (QED) is 0.733. The molecule has 1 aliphatic carbocycles. The SMILES string of the molecule is [B]c1ccc(NC(=O)CCC2C3=C(F)CCC=C3C(=O)N2Cc2ccc(F)cc2)nc1. The first-order chi connectivity index (χ1) is 14.9. The normalized spacial score (nSPS) is 18.1. The minimum Gasteiger partial charge on any atom is -0.327 e. The lowest BCUT2D eigenvalue weighted by Crippen LogP contribution is -2.34. The van der Waals surface area contributed by atoms with Crippen molar-refractivity contribution in [1.82, 2.24) is 9.88 Å². The molecule has 5 nitrogen and oxygen atoms in total. The lowest BCUT2D eigenvalue weighted by molar-refractivity contribution is -0.127. The molecule has 2 amide bonds. The number of aromatic nitrogens is 1. The van der Waals surface area contributed by atoms with Crippen molar-refractivity contribution in [2.75, 3.05) is 5.32 Å². The molecule has 0 bridgehead atoms. The smallest absolute Gasteiger partial charge is 0.254 e. The maximum atomic E-state index is 14.7. The van der Waals surface area contributed by atoms with Gasteiger partial charge in [0.25, 0.3) is 5.91 Å². The molecule has 2 aliphatic rings. The Morgan fingerprint density at radius 2 is 1.97 bits per heavy atom. The summed E-state index contributed by atoms with van der Waals surface area (Å²) >= 11 is 0. The van der Waals surface area contributed by atoms with Gasteiger partial charge in [0.15, 0.2) is 0 Å². The van der Waals surface area contributed by atoms with Gasteiger partial charge in [0.05, 0.1) is 6.04 Å². The van der Waals surface area contributed by atoms with E-state index in [1.165, 1.54) is 18.3 Å². The van der Waals surface area contributed by atoms with Crippen molar-refractivity contribution in [3.63, 3.8) is 0 Å². The van der Waals surface area contributed by atoms with Crippen LogP contribution in [0.25, 0.3) is 0 Å². The third-order valence-electron chi connectivity index (χ3n) is 5.46. The first-order valence-electron chi connectivity index (χ1n) is 10.1. The second kappa shape index (κ2) is 8.84. The Labute approximate surface area is 180 Å². The Bertz CT molecular complexity index is 1070. The van der Waals surface area contributed by atoms with Crippen LogP contribution in [0.15, 0.2) is 65.6 Å². The van der Waals surface area contributed by atoms with Crippen LogP contribution in [0.1, 0.15) is 31.2 Å². The molecule has 31 heavy (non-hydrogen) atoms. The number of amides is 2. The second-order valence-electron chi connectivity index (χ2n) is 7.61. The minimum absolute atomic E-state index is 0.0774. The fourth-order valence-corrected chi connectivity index (χ4v) is 3.97. The zero-order valence-corrected chi connectivity index (χ0v) is 16.8. The fraction of sp³-hybridized carbons (Fsp3) is 0.261. The molecule has 1 fully saturated rings. The molecule has 1 N–H and O–H groups in total. The Morgan fingerprint density at radius 3 is 2.68 bits per heavy atom. The highest BCUT2D eigenvalue weighted by molar-refractivity contribution is 6.32. The Hall–Kier alpha value is -3.29. The van der Waals surface area contributed by atoms with Gasteiger partial charge in [-0.2, -0.15) is 0 Å². The predicted octanol–water partition coefficient (Wildman–Crippen LogP) is 3.09. The largest absolute Gasteiger partial charge is 0.327 e. The first kappa shape index (κ1) is 21.0. The van der Waals surface area contributed by atoms with Crippen LogP contribution < -0.4 is 10.8 Å². The summed E-state index contributed by atoms with van der Waals surface area (Å²) in [6, 6.07) is 8.50. The molecular weight excluding hydrogens is 399 g/mol. The number of allylic oxidation sites excluding steroid dienone is 2. The average molecular weight is 419 g/mol. The van der Waals surface area contributed by atoms with Crippen molar-refractivity contribution in [2.24, 2.45) is 0 Å². The van der Waals surface area contributed by atoms with E-state index in [9.17, 15) is 18.4 Å². The topological polar surface area (TPSA) is 62.3 Å². The number of anilines is 1. The van der Waals surface area contributed by atoms with E-state index in [4.69, 9.17) is 7.85 Å². The number of benzene rings is 1. The molecule has 0 saturated carbocycles. The summed E-state index contributed by atoms with van der Waals surface area (Å²) in [4.78, 5) is 31.0. The van der Waals surface area contributed by atoms with Crippen LogP contribution in [-0.4, -0.2) is 35.6 Å². The zero-order valence-electron chi connectivity index (χ0n) is 16.8. The summed E-state index contributed by atoms with van der Waals surface area (Å²) in [5.74, 6) is -0.863. The molecule has 1 aromatic carbocycles. The molecular formula is C23H20BF2N3O2. The van der Waals surface area contributed by atoms with Gasteiger partial charge in [-0.1, -0.05) is 29.7 Å². The molecule has 1 unspecified atom stereocenters. The first-order valence-corrected chi connectivity index (χ1v) is 10.1. The molecule has 1 atom stereocenters. The summed E-state index contributed by atoms with van der Waals surface area (Å²) in [5.41, 5.74) is 1.96. The molecule has 1 aromatic heterocycles. The van der Waals surface area contributed by atoms with Crippen LogP contribution in [0.3, 0.4) is 0 Å². The number of likely N-dealkylation sites (tertiary alicyclic amines) is 1. The Balaban J connectivity index is 1.52. The van der Waals surface area contributed by atoms with Gasteiger partial charge in [-0.15, -0.1) is 0 Å². The van der Waals surface area contributed by atoms with E-state index in [-0.39, 0.29) is 49.3 Å². The van der Waals surface area contributed by atoms with Crippen LogP contribution in [0.2, 0.25) is 0 Å². The van der Waals surface area contributed by atoms with E-state index in [0.29, 0.717) is 28.8 Å². The monoisotopic (exact) mass is 419 g/mol. The Morgan fingerprint density at radius 1 is 1.19 bits per heavy atom. The van der Waals surface area contributed by atoms with E-state index in [2.05, 4.69) is 10.3 Å². The molecule has 1 saturated heterocycles. The van der Waals surface area contributed by atoms with Gasteiger partial charge in [-0.3, -0.25) is 9.59 Å². The van der Waals surface area contributed by atoms with Crippen LogP contribution in [0.5, 0.6) is 0 Å². The van der Waals surface area contributed by atoms with E-state index in [1.807, 2.05) is 0 Å². The van der Waals surface area contributed by atoms with Crippen LogP contribution in [-0.2, 0) is 16.1 Å². The lowest BCUT2D eigenvalue weighted by atomic mass is 9.92. The number of nitrogens with one attached hydrogen (secondary N) is 1. The summed E-state index contributed by atoms with van der Waals surface area (Å²) in [7, 11) is 5.59. The summed E-state index contributed by atoms with van der Waals surface area (Å²) in [6.07, 6.45) is 4.25. The number of carbonyl (C=O) groups excluding carboxylic acids is 2. The van der Waals surface area contributed by atoms with Gasteiger partial charge in [-0.25, -0.2) is 13.8 Å². The molecule has 2 aromatic rings. The van der Waals surface area contributed by atoms with Crippen LogP contribution in [0.4, 0.5) is 14.6 Å². The van der Waals surface area contributed by atoms with Crippen LogP contribution in [0, 0.1) is 5.82 Å². The number of halogens is 2. The maximum Gasteiger partial charge on any atom is 0.254 e. The van der Waals surface area contributed by atoms with E-state index in [0.717, 1.165) is 5.56 Å². The van der Waals surface area contributed by atoms with Crippen molar-refractivity contribution < 1.29 is 18.4 Å². The number of hydrogen-bond acceptors (Lipinski definition) is 3. The van der Waals surface area contributed by atoms with Gasteiger partial charge < -0.3 is 10.2 Å². The summed E-state index contributed by atoms with van der Waals surface area (Å²) < 4.78 is 28.0. The standard InChI is InChI=1S/C23H20BF2N3O2/c24-15-6-10-20(27-12-15)28-21(30)11-9-19-22-17(2-1-3-18(22)26)23(31)29(19)13-14-4-7-16(25)8-5-14/h2,4-8,10,12,19H,1,3,9,11,13H2,(H,27,28,30). The second-order valence-corrected chi connectivity index (χ2v) is 7.61. The molecule has 0 spiro atoms. The molecule has 1 aliphatic heterocycles. The van der Waals surface area contributed by atoms with E-state index >= 15 is 0 Å². The highest BCUT2D eigenvalue weighted by Gasteiger charge is 2.42. The molecule has 2 radical (unpaired) electrons. The van der Waals surface area contributed by atoms with Gasteiger partial charge in [-0.05, 0) is 36.6 Å². The van der Waals surface area contributed by atoms with Gasteiger partial charge in [0.2, 0.25) is 5.91 Å². The lowest BCUT2D eigenvalue weighted by Gasteiger charge is -2.25. The molecule has 4 rings (SSSR count). The van der Waals surface area contributed by atoms with Gasteiger partial charge in [0.1, 0.15) is 25.3 Å². The average Bonchev–Trinajstić information content (AvgIpc) is 3.02. The van der Waals surface area contributed by atoms with Crippen LogP contribution >= 0.6 is 0 Å². The fourth-order valence-electron chi connectivity index (χ4n) is 3.97. The summed E-state index contributed by atoms with van der Waals surface area (Å²) in [5, 5.41) is 2.68. The van der Waals surface area contributed by atoms with Crippen molar-refractivity contribution in [2.45, 2.75) is 38.3 Å². The predicted molar refractivity (Wildman–Crippen MR) is 114 cm³/mol. The van der Waals surface area contributed by atoms with E-state index in [1.54, 1.807) is 35.2 Å². The van der Waals surface area contributed by atoms with E-state index < -0.39 is 6.04 Å². The number of rotatable bonds is 6.